The van der Waals surface area contributed by atoms with Gasteiger partial charge < -0.3 is 50.5 Å². The van der Waals surface area contributed by atoms with Crippen LogP contribution in [0.5, 0.6) is 0 Å². The van der Waals surface area contributed by atoms with Gasteiger partial charge in [-0.3, -0.25) is 33.3 Å². The second kappa shape index (κ2) is 19.1. The Kier molecular flexibility index (Phi) is 14.3. The van der Waals surface area contributed by atoms with Crippen molar-refractivity contribution in [3.05, 3.63) is 88.5 Å². The average Bonchev–Trinajstić information content (AvgIpc) is 3.78. The predicted molar refractivity (Wildman–Crippen MR) is 234 cm³/mol. The fourth-order valence-corrected chi connectivity index (χ4v) is 11.6. The second-order valence-electron chi connectivity index (χ2n) is 18.1. The molecule has 5 aliphatic rings. The number of aliphatic hydroxyl groups is 2. The number of fused-ring (bicyclic) bond motifs is 7. The van der Waals surface area contributed by atoms with Gasteiger partial charge in [0, 0.05) is 40.0 Å². The first-order chi connectivity index (χ1) is 31.5. The smallest absolute Gasteiger partial charge is 0.470 e. The van der Waals surface area contributed by atoms with Crippen LogP contribution >= 0.6 is 23.8 Å². The largest absolute Gasteiger partial charge is 0.481 e. The van der Waals surface area contributed by atoms with Gasteiger partial charge in [0.05, 0.1) is 30.7 Å². The molecule has 3 saturated carbocycles. The molecule has 4 fully saturated rings. The minimum absolute atomic E-state index is 0.0673. The summed E-state index contributed by atoms with van der Waals surface area (Å²) in [6.45, 7) is 0.932. The zero-order valence-corrected chi connectivity index (χ0v) is 38.8. The van der Waals surface area contributed by atoms with Crippen LogP contribution in [0, 0.1) is 22.7 Å². The van der Waals surface area contributed by atoms with E-state index >= 15 is 8.78 Å². The van der Waals surface area contributed by atoms with Crippen LogP contribution < -0.4 is 16.0 Å². The van der Waals surface area contributed by atoms with Crippen LogP contribution in [0.1, 0.15) is 74.5 Å². The summed E-state index contributed by atoms with van der Waals surface area (Å²) < 4.78 is 63.8. The fraction of sp³-hybridized carbons (Fsp3) is 0.511. The number of allylic oxidation sites excluding steroid dienone is 4. The zero-order chi connectivity index (χ0) is 48.9. The summed E-state index contributed by atoms with van der Waals surface area (Å²) in [6, 6.07) is 10.3. The van der Waals surface area contributed by atoms with Gasteiger partial charge in [-0.25, -0.2) is 13.3 Å². The van der Waals surface area contributed by atoms with Crippen LogP contribution in [-0.4, -0.2) is 115 Å². The number of ketones is 2. The van der Waals surface area contributed by atoms with E-state index in [0.717, 1.165) is 12.2 Å². The first-order valence-corrected chi connectivity index (χ1v) is 24.1. The summed E-state index contributed by atoms with van der Waals surface area (Å²) in [5.74, 6) is -6.76. The van der Waals surface area contributed by atoms with Crippen molar-refractivity contribution in [1.82, 2.24) is 10.6 Å². The number of phosphoric acid groups is 1. The third kappa shape index (κ3) is 9.34. The van der Waals surface area contributed by atoms with Crippen LogP contribution in [0.15, 0.2) is 66.3 Å². The first kappa shape index (κ1) is 50.3. The Morgan fingerprint density at radius 3 is 2.46 bits per heavy atom. The number of Topliss-reactive ketones (excluding diaryl/α,β-unsaturated/α-hetero) is 1. The highest BCUT2D eigenvalue weighted by atomic mass is 79.9. The van der Waals surface area contributed by atoms with Crippen molar-refractivity contribution in [3.63, 3.8) is 0 Å². The molecule has 0 spiro atoms. The molecule has 4 aliphatic carbocycles. The van der Waals surface area contributed by atoms with Crippen molar-refractivity contribution < 1.29 is 81.2 Å². The van der Waals surface area contributed by atoms with Crippen LogP contribution in [0.3, 0.4) is 0 Å². The van der Waals surface area contributed by atoms with Crippen LogP contribution in [0.25, 0.3) is 0 Å². The van der Waals surface area contributed by atoms with Crippen molar-refractivity contribution in [3.8, 4) is 0 Å². The lowest BCUT2D eigenvalue weighted by Gasteiger charge is -2.63. The van der Waals surface area contributed by atoms with Crippen LogP contribution in [-0.2, 0) is 60.4 Å². The quantitative estimate of drug-likeness (QED) is 0.0834. The molecule has 0 unspecified atom stereocenters. The van der Waals surface area contributed by atoms with Gasteiger partial charge in [-0.05, 0) is 79.9 Å². The lowest BCUT2D eigenvalue weighted by Crippen LogP contribution is -2.70. The number of benzene rings is 2. The van der Waals surface area contributed by atoms with Crippen LogP contribution in [0.2, 0.25) is 0 Å². The topological polar surface area (TPSA) is 284 Å². The fourth-order valence-electron chi connectivity index (χ4n) is 11.1. The van der Waals surface area contributed by atoms with E-state index in [9.17, 15) is 58.4 Å². The van der Waals surface area contributed by atoms with Crippen molar-refractivity contribution in [2.24, 2.45) is 22.7 Å². The van der Waals surface area contributed by atoms with Crippen molar-refractivity contribution >= 4 is 64.7 Å². The first-order valence-electron chi connectivity index (χ1n) is 21.5. The number of aliphatic carboxylic acids is 1. The standard InChI is InChI=1S/C45H51BrF2N3O15P/c1-42-11-10-27(53)15-30(42)31(47)16-29-28-17-36-45(35(55)22-64-67(61,62)63,43(28,2)18-34(54)44(29,42)48)66-41(65-36)25-5-3-4-23(13-25)12-24-6-7-26(21-52)33(14-24)51-40(60)32(8-9-39(58)59)50-38(57)20-49-37(56)19-46/h3-7,10-11,13-15,28-29,31-32,34,36,41,52,54H,8-9,12,16-22H2,1-2H3,(H,49,56)(H,50,57)(H,51,60)(H,58,59)(H2,61,62,63)/t28-,29-,31-,32-,34-,36+,41+,42-,43-,44-,45+/m0/s1. The molecule has 7 rings (SSSR count). The normalized spacial score (nSPS) is 32.2. The molecule has 1 saturated heterocycles. The van der Waals surface area contributed by atoms with Gasteiger partial charge in [-0.2, -0.15) is 0 Å². The van der Waals surface area contributed by atoms with E-state index < -0.39 is 147 Å². The molecule has 11 atom stereocenters. The summed E-state index contributed by atoms with van der Waals surface area (Å²) in [5, 5.41) is 38.7. The number of aliphatic hydroxyl groups excluding tert-OH is 2. The van der Waals surface area contributed by atoms with Gasteiger partial charge in [-0.15, -0.1) is 0 Å². The van der Waals surface area contributed by atoms with Crippen molar-refractivity contribution in [2.75, 3.05) is 23.8 Å². The average molecular weight is 1020 g/mol. The lowest BCUT2D eigenvalue weighted by molar-refractivity contribution is -0.235. The van der Waals surface area contributed by atoms with Gasteiger partial charge in [0.1, 0.15) is 18.8 Å². The Labute approximate surface area is 391 Å². The maximum absolute atomic E-state index is 17.9. The zero-order valence-electron chi connectivity index (χ0n) is 36.3. The summed E-state index contributed by atoms with van der Waals surface area (Å²) in [4.78, 5) is 95.0. The Morgan fingerprint density at radius 2 is 1.78 bits per heavy atom. The molecule has 2 aromatic rings. The number of phosphoric ester groups is 1. The van der Waals surface area contributed by atoms with E-state index in [-0.39, 0.29) is 35.9 Å². The number of amides is 3. The van der Waals surface area contributed by atoms with Crippen molar-refractivity contribution in [2.45, 2.75) is 101 Å². The summed E-state index contributed by atoms with van der Waals surface area (Å²) in [5.41, 5.74) is -5.74. The summed E-state index contributed by atoms with van der Waals surface area (Å²) in [6.07, 6.45) is -4.02. The minimum Gasteiger partial charge on any atom is -0.481 e. The molecule has 2 aromatic carbocycles. The van der Waals surface area contributed by atoms with E-state index in [1.807, 2.05) is 0 Å². The third-order valence-corrected chi connectivity index (χ3v) is 15.2. The Bertz CT molecular complexity index is 2470. The van der Waals surface area contributed by atoms with Gasteiger partial charge in [0.2, 0.25) is 17.7 Å². The monoisotopic (exact) mass is 1020 g/mol. The molecule has 8 N–H and O–H groups in total. The maximum atomic E-state index is 17.9. The van der Waals surface area contributed by atoms with Gasteiger partial charge >= 0.3 is 13.8 Å². The summed E-state index contributed by atoms with van der Waals surface area (Å²) in [7, 11) is -5.20. The van der Waals surface area contributed by atoms with Crippen molar-refractivity contribution in [1.29, 1.82) is 0 Å². The van der Waals surface area contributed by atoms with E-state index in [1.54, 1.807) is 49.4 Å². The SMILES string of the molecule is C[C@]12C=CC(=O)C=C1[C@@H](F)C[C@H]1[C@@H]3C[C@H]4O[C@@H](c5cccc(Cc6ccc(CO)c(NC(=O)[C@H](CCC(=O)O)NC(=O)CNC(=O)CBr)c6)c5)O[C@@]4(C(=O)COP(=O)(O)O)[C@@]3(C)C[C@H](O)[C@@]12F. The lowest BCUT2D eigenvalue weighted by atomic mass is 9.44. The number of carbonyl (C=O) groups excluding carboxylic acids is 5. The molecule has 18 nitrogen and oxygen atoms in total. The number of hydrogen-bond donors (Lipinski definition) is 8. The van der Waals surface area contributed by atoms with Gasteiger partial charge in [0.25, 0.3) is 0 Å². The number of anilines is 1. The molecule has 22 heteroatoms. The van der Waals surface area contributed by atoms with E-state index in [4.69, 9.17) is 9.47 Å². The number of carboxylic acid groups (broad SMARTS) is 1. The highest BCUT2D eigenvalue weighted by Crippen LogP contribution is 2.72. The predicted octanol–water partition coefficient (Wildman–Crippen LogP) is 3.33. The number of alkyl halides is 3. The molecule has 362 valence electrons. The van der Waals surface area contributed by atoms with Crippen LogP contribution in [0.4, 0.5) is 14.5 Å². The van der Waals surface area contributed by atoms with Gasteiger partial charge in [0.15, 0.2) is 29.1 Å². The molecule has 1 aliphatic heterocycles. The molecule has 3 amide bonds. The molecule has 1 heterocycles. The number of carboxylic acids is 1. The Morgan fingerprint density at radius 1 is 1.04 bits per heavy atom. The highest BCUT2D eigenvalue weighted by molar-refractivity contribution is 9.09. The Hall–Kier alpha value is -4.57. The number of halogens is 3. The molecule has 0 radical (unpaired) electrons. The number of hydrogen-bond acceptors (Lipinski definition) is 12. The van der Waals surface area contributed by atoms with E-state index in [0.29, 0.717) is 22.3 Å². The molecular formula is C45H51BrF2N3O15P. The minimum atomic E-state index is -5.20. The molecule has 0 bridgehead atoms. The number of ether oxygens (including phenoxy) is 2. The second-order valence-corrected chi connectivity index (χ2v) is 19.9. The number of rotatable bonds is 17. The summed E-state index contributed by atoms with van der Waals surface area (Å²) >= 11 is 2.96. The molecule has 0 aromatic heterocycles. The van der Waals surface area contributed by atoms with Gasteiger partial charge in [-0.1, -0.05) is 65.3 Å². The highest BCUT2D eigenvalue weighted by Gasteiger charge is 2.80. The number of carbonyl (C=O) groups is 6. The van der Waals surface area contributed by atoms with E-state index in [2.05, 4.69) is 36.4 Å². The molecular weight excluding hydrogens is 971 g/mol. The number of nitrogens with one attached hydrogen (secondary N) is 3. The van der Waals surface area contributed by atoms with E-state index in [1.165, 1.54) is 13.0 Å². The Balaban J connectivity index is 1.14. The third-order valence-electron chi connectivity index (χ3n) is 14.2. The molecule has 67 heavy (non-hydrogen) atoms. The maximum Gasteiger partial charge on any atom is 0.470 e.